The van der Waals surface area contributed by atoms with E-state index in [0.717, 1.165) is 13.8 Å². The molecule has 0 aliphatic rings. The molecule has 0 nitrogen and oxygen atoms in total. The molecule has 1 radical (unpaired) electrons. The molecule has 0 N–H and O–H groups in total. The molecule has 23 heavy (non-hydrogen) atoms. The number of alkyl halides is 10. The lowest BCUT2D eigenvalue weighted by Gasteiger charge is -2.29. The molecule has 1 aromatic rings. The molecule has 0 saturated heterocycles. The van der Waals surface area contributed by atoms with E-state index in [0.29, 0.717) is 6.07 Å². The van der Waals surface area contributed by atoms with E-state index in [9.17, 15) is 43.9 Å². The maximum absolute atomic E-state index is 13.5. The first-order valence-electron chi connectivity index (χ1n) is 5.88. The van der Waals surface area contributed by atoms with Crippen LogP contribution in [0.2, 0.25) is 0 Å². The van der Waals surface area contributed by atoms with Crippen LogP contribution in [0.5, 0.6) is 0 Å². The van der Waals surface area contributed by atoms with E-state index >= 15 is 0 Å². The van der Waals surface area contributed by atoms with Crippen LogP contribution >= 0.6 is 0 Å². The zero-order valence-corrected chi connectivity index (χ0v) is 11.5. The molecule has 0 aromatic heterocycles. The van der Waals surface area contributed by atoms with Crippen molar-refractivity contribution in [2.24, 2.45) is 0 Å². The molecular weight excluding hydrogens is 346 g/mol. The van der Waals surface area contributed by atoms with Crippen LogP contribution in [0.25, 0.3) is 0 Å². The summed E-state index contributed by atoms with van der Waals surface area (Å²) in [7, 11) is 0. The molecule has 0 unspecified atom stereocenters. The van der Waals surface area contributed by atoms with Gasteiger partial charge in [-0.05, 0) is 11.5 Å². The summed E-state index contributed by atoms with van der Waals surface area (Å²) < 4.78 is 129. The SMILES string of the molecule is C[C](C)c1c(C(F)(F)C(F)(F)F)cccc1C(F)(F)C(F)(F)F. The summed E-state index contributed by atoms with van der Waals surface area (Å²) in [5.41, 5.74) is -5.37. The summed E-state index contributed by atoms with van der Waals surface area (Å²) in [4.78, 5) is 0. The number of halogens is 10. The average Bonchev–Trinajstić information content (AvgIpc) is 2.34. The van der Waals surface area contributed by atoms with Crippen LogP contribution in [-0.2, 0) is 11.8 Å². The first-order valence-corrected chi connectivity index (χ1v) is 5.88. The molecular formula is C13H9F10. The lowest BCUT2D eigenvalue weighted by molar-refractivity contribution is -0.292. The molecule has 0 fully saturated rings. The Morgan fingerprint density at radius 1 is 0.652 bits per heavy atom. The maximum atomic E-state index is 13.5. The minimum atomic E-state index is -6.15. The number of benzene rings is 1. The zero-order chi connectivity index (χ0) is 18.4. The largest absolute Gasteiger partial charge is 0.458 e. The zero-order valence-electron chi connectivity index (χ0n) is 11.5. The summed E-state index contributed by atoms with van der Waals surface area (Å²) >= 11 is 0. The molecule has 1 aromatic carbocycles. The first kappa shape index (κ1) is 19.6. The highest BCUT2D eigenvalue weighted by molar-refractivity contribution is 5.48. The third-order valence-corrected chi connectivity index (χ3v) is 2.95. The predicted octanol–water partition coefficient (Wildman–Crippen LogP) is 5.96. The van der Waals surface area contributed by atoms with Crippen molar-refractivity contribution in [2.75, 3.05) is 0 Å². The van der Waals surface area contributed by atoms with Crippen LogP contribution < -0.4 is 0 Å². The number of hydrogen-bond acceptors (Lipinski definition) is 0. The second-order valence-electron chi connectivity index (χ2n) is 4.87. The first-order chi connectivity index (χ1) is 10.0. The Hall–Kier alpha value is -1.48. The molecule has 1 rings (SSSR count). The Kier molecular flexibility index (Phi) is 4.72. The van der Waals surface area contributed by atoms with Crippen LogP contribution in [0.4, 0.5) is 43.9 Å². The van der Waals surface area contributed by atoms with Gasteiger partial charge in [0.25, 0.3) is 0 Å². The van der Waals surface area contributed by atoms with Gasteiger partial charge >= 0.3 is 24.2 Å². The molecule has 0 atom stereocenters. The van der Waals surface area contributed by atoms with Gasteiger partial charge < -0.3 is 0 Å². The van der Waals surface area contributed by atoms with E-state index in [-0.39, 0.29) is 12.1 Å². The Morgan fingerprint density at radius 2 is 0.957 bits per heavy atom. The number of rotatable bonds is 3. The van der Waals surface area contributed by atoms with Crippen molar-refractivity contribution in [1.82, 2.24) is 0 Å². The molecule has 0 saturated carbocycles. The lowest BCUT2D eigenvalue weighted by atomic mass is 9.86. The summed E-state index contributed by atoms with van der Waals surface area (Å²) in [5.74, 6) is -11.7. The Morgan fingerprint density at radius 3 is 1.17 bits per heavy atom. The third-order valence-electron chi connectivity index (χ3n) is 2.95. The highest BCUT2D eigenvalue weighted by Crippen LogP contribution is 2.51. The molecule has 0 amide bonds. The average molecular weight is 355 g/mol. The van der Waals surface area contributed by atoms with Crippen LogP contribution in [0.15, 0.2) is 18.2 Å². The lowest BCUT2D eigenvalue weighted by Crippen LogP contribution is -2.38. The highest BCUT2D eigenvalue weighted by Gasteiger charge is 2.63. The summed E-state index contributed by atoms with van der Waals surface area (Å²) in [6.07, 6.45) is -12.3. The van der Waals surface area contributed by atoms with E-state index in [1.807, 2.05) is 0 Å². The van der Waals surface area contributed by atoms with Crippen LogP contribution in [0.1, 0.15) is 30.5 Å². The highest BCUT2D eigenvalue weighted by atomic mass is 19.4. The van der Waals surface area contributed by atoms with Crippen molar-refractivity contribution in [2.45, 2.75) is 38.0 Å². The van der Waals surface area contributed by atoms with Crippen LogP contribution in [0, 0.1) is 5.92 Å². The van der Waals surface area contributed by atoms with E-state index in [4.69, 9.17) is 0 Å². The number of hydrogen-bond donors (Lipinski definition) is 0. The second-order valence-corrected chi connectivity index (χ2v) is 4.87. The Labute approximate surface area is 124 Å². The van der Waals surface area contributed by atoms with Gasteiger partial charge in [-0.15, -0.1) is 0 Å². The smallest absolute Gasteiger partial charge is 0.191 e. The molecule has 0 bridgehead atoms. The quantitative estimate of drug-likeness (QED) is 0.587. The minimum absolute atomic E-state index is 0.172. The summed E-state index contributed by atoms with van der Waals surface area (Å²) in [6.45, 7) is 1.72. The van der Waals surface area contributed by atoms with Crippen molar-refractivity contribution in [3.05, 3.63) is 40.8 Å². The summed E-state index contributed by atoms with van der Waals surface area (Å²) in [6, 6.07) is 0.647. The Balaban J connectivity index is 3.77. The van der Waals surface area contributed by atoms with Gasteiger partial charge in [0.2, 0.25) is 0 Å². The minimum Gasteiger partial charge on any atom is -0.191 e. The summed E-state index contributed by atoms with van der Waals surface area (Å²) in [5, 5.41) is 0. The van der Waals surface area contributed by atoms with E-state index in [1.54, 1.807) is 0 Å². The molecule has 0 aliphatic heterocycles. The maximum Gasteiger partial charge on any atom is 0.458 e. The fraction of sp³-hybridized carbons (Fsp3) is 0.462. The van der Waals surface area contributed by atoms with E-state index in [2.05, 4.69) is 0 Å². The molecule has 0 aliphatic carbocycles. The molecule has 131 valence electrons. The van der Waals surface area contributed by atoms with Gasteiger partial charge in [0, 0.05) is 11.1 Å². The van der Waals surface area contributed by atoms with E-state index in [1.165, 1.54) is 0 Å². The molecule has 0 spiro atoms. The van der Waals surface area contributed by atoms with E-state index < -0.39 is 46.8 Å². The van der Waals surface area contributed by atoms with Crippen molar-refractivity contribution in [3.8, 4) is 0 Å². The topological polar surface area (TPSA) is 0 Å². The monoisotopic (exact) mass is 355 g/mol. The van der Waals surface area contributed by atoms with Crippen molar-refractivity contribution in [1.29, 1.82) is 0 Å². The van der Waals surface area contributed by atoms with Gasteiger partial charge in [-0.25, -0.2) is 0 Å². The van der Waals surface area contributed by atoms with Crippen molar-refractivity contribution < 1.29 is 43.9 Å². The fourth-order valence-corrected chi connectivity index (χ4v) is 1.92. The van der Waals surface area contributed by atoms with Crippen LogP contribution in [-0.4, -0.2) is 12.4 Å². The molecule has 0 heterocycles. The fourth-order valence-electron chi connectivity index (χ4n) is 1.92. The van der Waals surface area contributed by atoms with Gasteiger partial charge in [0.1, 0.15) is 0 Å². The van der Waals surface area contributed by atoms with Gasteiger partial charge in [0.05, 0.1) is 0 Å². The van der Waals surface area contributed by atoms with Gasteiger partial charge in [-0.1, -0.05) is 32.0 Å². The standard InChI is InChI=1S/C13H9F10/c1-6(2)9-7(10(14,15)12(18,19)20)4-3-5-8(9)11(16,17)13(21,22)23/h3-5H,1-2H3. The van der Waals surface area contributed by atoms with Crippen LogP contribution in [0.3, 0.4) is 0 Å². The molecule has 10 heteroatoms. The van der Waals surface area contributed by atoms with Crippen molar-refractivity contribution in [3.63, 3.8) is 0 Å². The van der Waals surface area contributed by atoms with Gasteiger partial charge in [-0.3, -0.25) is 0 Å². The Bertz CT molecular complexity index is 521. The van der Waals surface area contributed by atoms with Gasteiger partial charge in [-0.2, -0.15) is 43.9 Å². The van der Waals surface area contributed by atoms with Gasteiger partial charge in [0.15, 0.2) is 0 Å². The van der Waals surface area contributed by atoms with Crippen molar-refractivity contribution >= 4 is 0 Å². The normalized spacial score (nSPS) is 14.5. The predicted molar refractivity (Wildman–Crippen MR) is 60.0 cm³/mol. The third kappa shape index (κ3) is 3.25. The second kappa shape index (κ2) is 5.55.